The zero-order valence-corrected chi connectivity index (χ0v) is 11.9. The number of aromatic nitrogens is 1. The predicted molar refractivity (Wildman–Crippen MR) is 84.9 cm³/mol. The lowest BCUT2D eigenvalue weighted by molar-refractivity contribution is 0.102. The van der Waals surface area contributed by atoms with Crippen LogP contribution in [-0.4, -0.2) is 17.3 Å². The van der Waals surface area contributed by atoms with E-state index in [2.05, 4.69) is 15.6 Å². The number of carbonyl (C=O) groups is 1. The van der Waals surface area contributed by atoms with Crippen LogP contribution < -0.4 is 11.2 Å². The van der Waals surface area contributed by atoms with Gasteiger partial charge in [0.25, 0.3) is 5.91 Å². The summed E-state index contributed by atoms with van der Waals surface area (Å²) < 4.78 is 4.92. The molecule has 0 saturated heterocycles. The monoisotopic (exact) mass is 294 g/mol. The van der Waals surface area contributed by atoms with E-state index in [4.69, 9.17) is 10.4 Å². The first-order valence-corrected chi connectivity index (χ1v) is 6.67. The molecule has 110 valence electrons. The average Bonchev–Trinajstić information content (AvgIpc) is 2.92. The predicted octanol–water partition coefficient (Wildman–Crippen LogP) is 2.68. The van der Waals surface area contributed by atoms with Crippen molar-refractivity contribution in [2.45, 2.75) is 6.92 Å². The molecule has 0 fully saturated rings. The smallest absolute Gasteiger partial charge is 0.256 e. The van der Waals surface area contributed by atoms with Gasteiger partial charge >= 0.3 is 0 Å². The number of benzene rings is 2. The quantitative estimate of drug-likeness (QED) is 0.441. The van der Waals surface area contributed by atoms with Gasteiger partial charge < -0.3 is 15.7 Å². The zero-order chi connectivity index (χ0) is 15.5. The zero-order valence-electron chi connectivity index (χ0n) is 11.9. The van der Waals surface area contributed by atoms with E-state index in [1.165, 1.54) is 0 Å². The summed E-state index contributed by atoms with van der Waals surface area (Å²) in [6, 6.07) is 12.9. The molecule has 0 unspecified atom stereocenters. The molecule has 0 aliphatic heterocycles. The average molecular weight is 294 g/mol. The number of hydrogen-bond donors (Lipinski definition) is 2. The van der Waals surface area contributed by atoms with E-state index in [-0.39, 0.29) is 5.91 Å². The number of anilines is 1. The van der Waals surface area contributed by atoms with Gasteiger partial charge in [0, 0.05) is 11.6 Å². The highest BCUT2D eigenvalue weighted by Gasteiger charge is 2.09. The minimum Gasteiger partial charge on any atom is -0.360 e. The van der Waals surface area contributed by atoms with Crippen molar-refractivity contribution >= 4 is 28.7 Å². The second-order valence-corrected chi connectivity index (χ2v) is 4.88. The van der Waals surface area contributed by atoms with Crippen molar-refractivity contribution in [1.29, 1.82) is 0 Å². The Morgan fingerprint density at radius 3 is 2.73 bits per heavy atom. The minimum atomic E-state index is -0.234. The molecule has 3 aromatic rings. The largest absolute Gasteiger partial charge is 0.360 e. The van der Waals surface area contributed by atoms with E-state index in [0.29, 0.717) is 17.1 Å². The van der Waals surface area contributed by atoms with Gasteiger partial charge in [-0.1, -0.05) is 23.4 Å². The molecule has 6 heteroatoms. The summed E-state index contributed by atoms with van der Waals surface area (Å²) in [7, 11) is 0. The normalized spacial score (nSPS) is 11.1. The molecule has 1 aromatic heterocycles. The Morgan fingerprint density at radius 2 is 2.00 bits per heavy atom. The third-order valence-electron chi connectivity index (χ3n) is 3.22. The van der Waals surface area contributed by atoms with Gasteiger partial charge in [0.2, 0.25) is 0 Å². The summed E-state index contributed by atoms with van der Waals surface area (Å²) in [5.41, 5.74) is 1.46. The van der Waals surface area contributed by atoms with Gasteiger partial charge in [-0.25, -0.2) is 0 Å². The number of nitrogens with zero attached hydrogens (tertiary/aromatic N) is 2. The van der Waals surface area contributed by atoms with E-state index >= 15 is 0 Å². The second-order valence-electron chi connectivity index (χ2n) is 4.88. The van der Waals surface area contributed by atoms with Crippen molar-refractivity contribution in [2.24, 2.45) is 10.9 Å². The molecule has 22 heavy (non-hydrogen) atoms. The maximum Gasteiger partial charge on any atom is 0.256 e. The molecule has 0 spiro atoms. The molecule has 6 nitrogen and oxygen atoms in total. The Bertz CT molecular complexity index is 867. The standard InChI is InChI=1S/C16H14N4O2/c1-10-6-15(20-22-10)19-16(21)14-5-4-12-7-11(9-18-17)2-3-13(12)8-14/h2-9H,17H2,1H3,(H,19,20,21). The molecule has 2 aromatic carbocycles. The molecule has 1 heterocycles. The number of aryl methyl sites for hydroxylation is 1. The molecule has 0 saturated carbocycles. The van der Waals surface area contributed by atoms with Crippen LogP contribution in [-0.2, 0) is 0 Å². The maximum absolute atomic E-state index is 12.2. The van der Waals surface area contributed by atoms with Gasteiger partial charge in [0.15, 0.2) is 5.82 Å². The van der Waals surface area contributed by atoms with Crippen LogP contribution in [0.15, 0.2) is 52.1 Å². The number of fused-ring (bicyclic) bond motifs is 1. The Morgan fingerprint density at radius 1 is 1.23 bits per heavy atom. The lowest BCUT2D eigenvalue weighted by atomic mass is 10.0. The first kappa shape index (κ1) is 13.8. The highest BCUT2D eigenvalue weighted by atomic mass is 16.5. The van der Waals surface area contributed by atoms with Crippen molar-refractivity contribution in [3.8, 4) is 0 Å². The summed E-state index contributed by atoms with van der Waals surface area (Å²) in [5, 5.41) is 11.9. The van der Waals surface area contributed by atoms with E-state index < -0.39 is 0 Å². The van der Waals surface area contributed by atoms with Crippen molar-refractivity contribution in [1.82, 2.24) is 5.16 Å². The van der Waals surface area contributed by atoms with Gasteiger partial charge in [-0.3, -0.25) is 4.79 Å². The van der Waals surface area contributed by atoms with Gasteiger partial charge in [-0.15, -0.1) is 0 Å². The van der Waals surface area contributed by atoms with Crippen LogP contribution in [0, 0.1) is 6.92 Å². The van der Waals surface area contributed by atoms with Crippen LogP contribution in [0.2, 0.25) is 0 Å². The number of rotatable bonds is 3. The van der Waals surface area contributed by atoms with Gasteiger partial charge in [-0.05, 0) is 41.5 Å². The fourth-order valence-corrected chi connectivity index (χ4v) is 2.19. The Kier molecular flexibility index (Phi) is 3.57. The Balaban J connectivity index is 1.88. The van der Waals surface area contributed by atoms with Crippen LogP contribution >= 0.6 is 0 Å². The fourth-order valence-electron chi connectivity index (χ4n) is 2.19. The first-order chi connectivity index (χ1) is 10.7. The van der Waals surface area contributed by atoms with Crippen molar-refractivity contribution in [2.75, 3.05) is 5.32 Å². The summed E-state index contributed by atoms with van der Waals surface area (Å²) in [6.45, 7) is 1.76. The first-order valence-electron chi connectivity index (χ1n) is 6.67. The summed E-state index contributed by atoms with van der Waals surface area (Å²) in [5.74, 6) is 5.95. The Labute approximate surface area is 126 Å². The third kappa shape index (κ3) is 2.80. The lowest BCUT2D eigenvalue weighted by Crippen LogP contribution is -2.11. The van der Waals surface area contributed by atoms with E-state index in [9.17, 15) is 4.79 Å². The number of hydrogen-bond acceptors (Lipinski definition) is 5. The second kappa shape index (κ2) is 5.69. The van der Waals surface area contributed by atoms with Gasteiger partial charge in [0.1, 0.15) is 5.76 Å². The van der Waals surface area contributed by atoms with Crippen LogP contribution in [0.25, 0.3) is 10.8 Å². The van der Waals surface area contributed by atoms with Gasteiger partial charge in [0.05, 0.1) is 6.21 Å². The van der Waals surface area contributed by atoms with E-state index in [1.807, 2.05) is 30.3 Å². The number of nitrogens with two attached hydrogens (primary N) is 1. The molecule has 0 atom stereocenters. The number of hydrazone groups is 1. The molecular weight excluding hydrogens is 280 g/mol. The van der Waals surface area contributed by atoms with Gasteiger partial charge in [-0.2, -0.15) is 5.10 Å². The third-order valence-corrected chi connectivity index (χ3v) is 3.22. The van der Waals surface area contributed by atoms with Crippen LogP contribution in [0.3, 0.4) is 0 Å². The summed E-state index contributed by atoms with van der Waals surface area (Å²) in [6.07, 6.45) is 1.58. The van der Waals surface area contributed by atoms with Crippen LogP contribution in [0.1, 0.15) is 21.7 Å². The molecule has 0 aliphatic rings. The van der Waals surface area contributed by atoms with Crippen molar-refractivity contribution in [3.05, 3.63) is 59.4 Å². The molecule has 3 rings (SSSR count). The number of nitrogens with one attached hydrogen (secondary N) is 1. The lowest BCUT2D eigenvalue weighted by Gasteiger charge is -2.04. The minimum absolute atomic E-state index is 0.234. The summed E-state index contributed by atoms with van der Waals surface area (Å²) >= 11 is 0. The Hall–Kier alpha value is -3.15. The van der Waals surface area contributed by atoms with Crippen molar-refractivity contribution in [3.63, 3.8) is 0 Å². The molecule has 0 bridgehead atoms. The molecule has 3 N–H and O–H groups in total. The highest BCUT2D eigenvalue weighted by Crippen LogP contribution is 2.18. The molecule has 1 amide bonds. The number of carbonyl (C=O) groups excluding carboxylic acids is 1. The number of amides is 1. The maximum atomic E-state index is 12.2. The van der Waals surface area contributed by atoms with Crippen LogP contribution in [0.4, 0.5) is 5.82 Å². The topological polar surface area (TPSA) is 93.5 Å². The molecule has 0 aliphatic carbocycles. The van der Waals surface area contributed by atoms with Crippen LogP contribution in [0.5, 0.6) is 0 Å². The SMILES string of the molecule is Cc1cc(NC(=O)c2ccc3cc(C=NN)ccc3c2)no1. The highest BCUT2D eigenvalue weighted by molar-refractivity contribution is 6.06. The van der Waals surface area contributed by atoms with Crippen molar-refractivity contribution < 1.29 is 9.32 Å². The fraction of sp³-hybridized carbons (Fsp3) is 0.0625. The summed E-state index contributed by atoms with van der Waals surface area (Å²) in [4.78, 5) is 12.2. The molecular formula is C16H14N4O2. The van der Waals surface area contributed by atoms with E-state index in [1.54, 1.807) is 25.3 Å². The molecule has 0 radical (unpaired) electrons. The van der Waals surface area contributed by atoms with E-state index in [0.717, 1.165) is 16.3 Å².